The normalized spacial score (nSPS) is 15.1. The Balaban J connectivity index is 1.67. The van der Waals surface area contributed by atoms with Gasteiger partial charge in [0.2, 0.25) is 5.91 Å². The first-order chi connectivity index (χ1) is 14.2. The van der Waals surface area contributed by atoms with Crippen LogP contribution in [-0.4, -0.2) is 24.4 Å². The fourth-order valence-corrected chi connectivity index (χ4v) is 3.92. The SMILES string of the molecule is N#CCNC(=O)[C@H](CC1CCCCC1)NC(=O)c1ccc(-c2ccccc2)cc1. The molecule has 0 bridgehead atoms. The molecule has 0 aliphatic heterocycles. The van der Waals surface area contributed by atoms with E-state index >= 15 is 0 Å². The van der Waals surface area contributed by atoms with Gasteiger partial charge in [0, 0.05) is 5.56 Å². The van der Waals surface area contributed by atoms with Crippen LogP contribution in [-0.2, 0) is 4.79 Å². The van der Waals surface area contributed by atoms with Crippen molar-refractivity contribution in [1.82, 2.24) is 10.6 Å². The lowest BCUT2D eigenvalue weighted by molar-refractivity contribution is -0.123. The summed E-state index contributed by atoms with van der Waals surface area (Å²) in [4.78, 5) is 25.3. The molecule has 150 valence electrons. The first-order valence-electron chi connectivity index (χ1n) is 10.3. The summed E-state index contributed by atoms with van der Waals surface area (Å²) in [6, 6.07) is 18.7. The molecule has 1 aliphatic rings. The van der Waals surface area contributed by atoms with E-state index < -0.39 is 6.04 Å². The van der Waals surface area contributed by atoms with Crippen LogP contribution in [0.3, 0.4) is 0 Å². The molecule has 1 fully saturated rings. The number of carbonyl (C=O) groups is 2. The zero-order chi connectivity index (χ0) is 20.5. The Morgan fingerprint density at radius 1 is 0.966 bits per heavy atom. The first kappa shape index (κ1) is 20.6. The minimum Gasteiger partial charge on any atom is -0.341 e. The highest BCUT2D eigenvalue weighted by Gasteiger charge is 2.26. The molecule has 2 aromatic carbocycles. The van der Waals surface area contributed by atoms with Gasteiger partial charge in [-0.2, -0.15) is 5.26 Å². The summed E-state index contributed by atoms with van der Waals surface area (Å²) in [5.41, 5.74) is 2.64. The maximum absolute atomic E-state index is 12.8. The van der Waals surface area contributed by atoms with Gasteiger partial charge in [0.25, 0.3) is 5.91 Å². The number of hydrogen-bond acceptors (Lipinski definition) is 3. The van der Waals surface area contributed by atoms with Gasteiger partial charge < -0.3 is 10.6 Å². The predicted octanol–water partition coefficient (Wildman–Crippen LogP) is 4.06. The maximum atomic E-state index is 12.8. The summed E-state index contributed by atoms with van der Waals surface area (Å²) in [5.74, 6) is -0.119. The Hall–Kier alpha value is -3.13. The average Bonchev–Trinajstić information content (AvgIpc) is 2.78. The molecule has 1 atom stereocenters. The Bertz CT molecular complexity index is 850. The van der Waals surface area contributed by atoms with E-state index in [9.17, 15) is 9.59 Å². The fourth-order valence-electron chi connectivity index (χ4n) is 3.92. The van der Waals surface area contributed by atoms with Crippen molar-refractivity contribution in [2.24, 2.45) is 5.92 Å². The van der Waals surface area contributed by atoms with Crippen molar-refractivity contribution < 1.29 is 9.59 Å². The topological polar surface area (TPSA) is 82.0 Å². The molecule has 2 amide bonds. The summed E-state index contributed by atoms with van der Waals surface area (Å²) in [5, 5.41) is 14.2. The highest BCUT2D eigenvalue weighted by atomic mass is 16.2. The molecule has 5 heteroatoms. The van der Waals surface area contributed by atoms with E-state index in [1.807, 2.05) is 48.5 Å². The zero-order valence-corrected chi connectivity index (χ0v) is 16.6. The Morgan fingerprint density at radius 3 is 2.28 bits per heavy atom. The summed E-state index contributed by atoms with van der Waals surface area (Å²) >= 11 is 0. The molecule has 0 heterocycles. The molecule has 1 saturated carbocycles. The number of benzene rings is 2. The van der Waals surface area contributed by atoms with Crippen LogP contribution in [0.15, 0.2) is 54.6 Å². The number of carbonyl (C=O) groups excluding carboxylic acids is 2. The molecule has 1 aliphatic carbocycles. The highest BCUT2D eigenvalue weighted by Crippen LogP contribution is 2.27. The lowest BCUT2D eigenvalue weighted by Crippen LogP contribution is -2.48. The van der Waals surface area contributed by atoms with Gasteiger partial charge in [-0.15, -0.1) is 0 Å². The van der Waals surface area contributed by atoms with Crippen molar-refractivity contribution in [1.29, 1.82) is 5.26 Å². The lowest BCUT2D eigenvalue weighted by Gasteiger charge is -2.26. The van der Waals surface area contributed by atoms with Gasteiger partial charge in [0.15, 0.2) is 0 Å². The number of amides is 2. The second-order valence-electron chi connectivity index (χ2n) is 7.59. The van der Waals surface area contributed by atoms with Gasteiger partial charge in [-0.05, 0) is 35.6 Å². The molecule has 3 rings (SSSR count). The van der Waals surface area contributed by atoms with Crippen LogP contribution >= 0.6 is 0 Å². The van der Waals surface area contributed by atoms with E-state index in [4.69, 9.17) is 5.26 Å². The molecule has 0 saturated heterocycles. The molecular formula is C24H27N3O2. The third kappa shape index (κ3) is 5.92. The van der Waals surface area contributed by atoms with E-state index in [1.54, 1.807) is 12.1 Å². The van der Waals surface area contributed by atoms with Gasteiger partial charge >= 0.3 is 0 Å². The van der Waals surface area contributed by atoms with Gasteiger partial charge in [0.1, 0.15) is 12.6 Å². The van der Waals surface area contributed by atoms with Gasteiger partial charge in [-0.3, -0.25) is 9.59 Å². The van der Waals surface area contributed by atoms with Crippen LogP contribution in [0, 0.1) is 17.2 Å². The van der Waals surface area contributed by atoms with Crippen LogP contribution in [0.1, 0.15) is 48.9 Å². The quantitative estimate of drug-likeness (QED) is 0.701. The average molecular weight is 389 g/mol. The van der Waals surface area contributed by atoms with E-state index in [-0.39, 0.29) is 18.4 Å². The largest absolute Gasteiger partial charge is 0.341 e. The maximum Gasteiger partial charge on any atom is 0.251 e. The number of nitriles is 1. The van der Waals surface area contributed by atoms with Crippen LogP contribution in [0.5, 0.6) is 0 Å². The smallest absolute Gasteiger partial charge is 0.251 e. The summed E-state index contributed by atoms with van der Waals surface area (Å²) < 4.78 is 0. The van der Waals surface area contributed by atoms with Gasteiger partial charge in [-0.1, -0.05) is 74.6 Å². The first-order valence-corrected chi connectivity index (χ1v) is 10.3. The lowest BCUT2D eigenvalue weighted by atomic mass is 9.84. The minimum absolute atomic E-state index is 0.0539. The van der Waals surface area contributed by atoms with Crippen molar-refractivity contribution in [3.63, 3.8) is 0 Å². The third-order valence-corrected chi connectivity index (χ3v) is 5.51. The molecule has 0 unspecified atom stereocenters. The second kappa shape index (κ2) is 10.4. The third-order valence-electron chi connectivity index (χ3n) is 5.51. The number of nitrogens with zero attached hydrogens (tertiary/aromatic N) is 1. The number of nitrogens with one attached hydrogen (secondary N) is 2. The monoisotopic (exact) mass is 389 g/mol. The Kier molecular flexibility index (Phi) is 7.40. The van der Waals surface area contributed by atoms with Crippen molar-refractivity contribution in [3.05, 3.63) is 60.2 Å². The molecule has 0 spiro atoms. The molecule has 0 radical (unpaired) electrons. The standard InChI is InChI=1S/C24H27N3O2/c25-15-16-26-24(29)22(17-18-7-3-1-4-8-18)27-23(28)21-13-11-20(12-14-21)19-9-5-2-6-10-19/h2,5-6,9-14,18,22H,1,3-4,7-8,16-17H2,(H,26,29)(H,27,28)/t22-/m0/s1. The van der Waals surface area contributed by atoms with Crippen LogP contribution in [0.25, 0.3) is 11.1 Å². The van der Waals surface area contributed by atoms with Crippen LogP contribution in [0.4, 0.5) is 0 Å². The zero-order valence-electron chi connectivity index (χ0n) is 16.6. The molecule has 0 aromatic heterocycles. The predicted molar refractivity (Wildman–Crippen MR) is 113 cm³/mol. The van der Waals surface area contributed by atoms with Crippen molar-refractivity contribution >= 4 is 11.8 Å². The van der Waals surface area contributed by atoms with Crippen molar-refractivity contribution in [2.75, 3.05) is 6.54 Å². The van der Waals surface area contributed by atoms with E-state index in [2.05, 4.69) is 10.6 Å². The molecular weight excluding hydrogens is 362 g/mol. The van der Waals surface area contributed by atoms with Crippen molar-refractivity contribution in [3.8, 4) is 17.2 Å². The summed E-state index contributed by atoms with van der Waals surface area (Å²) in [6.07, 6.45) is 6.37. The van der Waals surface area contributed by atoms with Gasteiger partial charge in [0.05, 0.1) is 6.07 Å². The number of rotatable bonds is 7. The Morgan fingerprint density at radius 2 is 1.62 bits per heavy atom. The molecule has 29 heavy (non-hydrogen) atoms. The highest BCUT2D eigenvalue weighted by molar-refractivity contribution is 5.97. The van der Waals surface area contributed by atoms with E-state index in [0.717, 1.165) is 24.0 Å². The summed E-state index contributed by atoms with van der Waals surface area (Å²) in [7, 11) is 0. The Labute approximate surface area is 172 Å². The molecule has 5 nitrogen and oxygen atoms in total. The number of hydrogen-bond donors (Lipinski definition) is 2. The second-order valence-corrected chi connectivity index (χ2v) is 7.59. The van der Waals surface area contributed by atoms with Crippen molar-refractivity contribution in [2.45, 2.75) is 44.6 Å². The minimum atomic E-state index is -0.618. The van der Waals surface area contributed by atoms with E-state index in [1.165, 1.54) is 19.3 Å². The fraction of sp³-hybridized carbons (Fsp3) is 0.375. The van der Waals surface area contributed by atoms with Crippen LogP contribution in [0.2, 0.25) is 0 Å². The molecule has 2 aromatic rings. The molecule has 2 N–H and O–H groups in total. The van der Waals surface area contributed by atoms with E-state index in [0.29, 0.717) is 17.9 Å². The van der Waals surface area contributed by atoms with Crippen LogP contribution < -0.4 is 10.6 Å². The van der Waals surface area contributed by atoms with Gasteiger partial charge in [-0.25, -0.2) is 0 Å². The summed E-state index contributed by atoms with van der Waals surface area (Å²) in [6.45, 7) is -0.0539.